The van der Waals surface area contributed by atoms with Crippen LogP contribution in [0.4, 0.5) is 5.69 Å². The van der Waals surface area contributed by atoms with E-state index in [1.165, 1.54) is 11.0 Å². The van der Waals surface area contributed by atoms with Gasteiger partial charge in [-0.1, -0.05) is 17.7 Å². The summed E-state index contributed by atoms with van der Waals surface area (Å²) in [6.45, 7) is -0.495. The number of aliphatic carboxylic acids is 1. The molecule has 1 amide bonds. The van der Waals surface area contributed by atoms with Crippen molar-refractivity contribution in [2.24, 2.45) is 0 Å². The number of nitrogens with one attached hydrogen (secondary N) is 1. The summed E-state index contributed by atoms with van der Waals surface area (Å²) in [5.74, 6) is -0.496. The zero-order chi connectivity index (χ0) is 20.3. The highest BCUT2D eigenvalue weighted by Crippen LogP contribution is 2.28. The van der Waals surface area contributed by atoms with E-state index in [9.17, 15) is 9.59 Å². The zero-order valence-corrected chi connectivity index (χ0v) is 16.2. The van der Waals surface area contributed by atoms with Crippen LogP contribution in [0.3, 0.4) is 0 Å². The second kappa shape index (κ2) is 8.28. The van der Waals surface area contributed by atoms with Crippen molar-refractivity contribution in [2.45, 2.75) is 0 Å². The molecule has 0 atom stereocenters. The number of nitrogens with zero attached hydrogens (tertiary/aromatic N) is 1. The van der Waals surface area contributed by atoms with E-state index in [2.05, 4.69) is 5.32 Å². The van der Waals surface area contributed by atoms with Gasteiger partial charge in [-0.25, -0.2) is 4.79 Å². The third-order valence-electron chi connectivity index (χ3n) is 3.83. The number of carboxylic acids is 1. The summed E-state index contributed by atoms with van der Waals surface area (Å²) >= 11 is 11.4. The predicted octanol–water partition coefficient (Wildman–Crippen LogP) is 3.07. The number of methoxy groups -OCH3 is 1. The first-order chi connectivity index (χ1) is 13.4. The van der Waals surface area contributed by atoms with Crippen LogP contribution in [0, 0.1) is 0 Å². The monoisotopic (exact) mass is 418 g/mol. The van der Waals surface area contributed by atoms with Crippen LogP contribution >= 0.6 is 23.8 Å². The molecule has 2 aromatic rings. The number of benzene rings is 2. The summed E-state index contributed by atoms with van der Waals surface area (Å²) in [6, 6.07) is 11.7. The number of hydrogen-bond donors (Lipinski definition) is 2. The van der Waals surface area contributed by atoms with E-state index >= 15 is 0 Å². The molecule has 2 aromatic carbocycles. The van der Waals surface area contributed by atoms with Gasteiger partial charge in [0, 0.05) is 0 Å². The van der Waals surface area contributed by atoms with Crippen molar-refractivity contribution in [3.05, 3.63) is 58.7 Å². The Morgan fingerprint density at radius 3 is 2.61 bits per heavy atom. The summed E-state index contributed by atoms with van der Waals surface area (Å²) in [4.78, 5) is 24.7. The number of amides is 1. The number of carbonyl (C=O) groups excluding carboxylic acids is 1. The highest BCUT2D eigenvalue weighted by molar-refractivity contribution is 7.80. The van der Waals surface area contributed by atoms with Crippen LogP contribution in [-0.2, 0) is 9.59 Å². The summed E-state index contributed by atoms with van der Waals surface area (Å²) in [7, 11) is 1.56. The molecule has 1 fully saturated rings. The van der Waals surface area contributed by atoms with Crippen molar-refractivity contribution in [1.29, 1.82) is 0 Å². The van der Waals surface area contributed by atoms with Crippen LogP contribution in [0.25, 0.3) is 6.08 Å². The van der Waals surface area contributed by atoms with Crippen LogP contribution in [0.1, 0.15) is 5.56 Å². The van der Waals surface area contributed by atoms with Gasteiger partial charge < -0.3 is 19.9 Å². The average Bonchev–Trinajstić information content (AvgIpc) is 2.94. The number of thiocarbonyl (C=S) groups is 1. The molecule has 0 unspecified atom stereocenters. The Morgan fingerprint density at radius 2 is 2.00 bits per heavy atom. The van der Waals surface area contributed by atoms with Crippen LogP contribution in [0.15, 0.2) is 48.2 Å². The Balaban J connectivity index is 1.81. The third kappa shape index (κ3) is 4.24. The first-order valence-electron chi connectivity index (χ1n) is 8.04. The minimum atomic E-state index is -1.10. The van der Waals surface area contributed by atoms with Gasteiger partial charge in [0.25, 0.3) is 5.91 Å². The number of halogens is 1. The molecule has 1 aliphatic rings. The molecule has 0 bridgehead atoms. The number of ether oxygens (including phenoxy) is 2. The largest absolute Gasteiger partial charge is 0.497 e. The highest BCUT2D eigenvalue weighted by Gasteiger charge is 2.31. The molecule has 0 radical (unpaired) electrons. The fourth-order valence-corrected chi connectivity index (χ4v) is 3.07. The molecular weight excluding hydrogens is 404 g/mol. The predicted molar refractivity (Wildman–Crippen MR) is 109 cm³/mol. The van der Waals surface area contributed by atoms with E-state index < -0.39 is 12.6 Å². The summed E-state index contributed by atoms with van der Waals surface area (Å²) in [5, 5.41) is 12.0. The van der Waals surface area contributed by atoms with Crippen LogP contribution in [0.5, 0.6) is 11.5 Å². The van der Waals surface area contributed by atoms with Crippen molar-refractivity contribution < 1.29 is 24.2 Å². The lowest BCUT2D eigenvalue weighted by atomic mass is 10.1. The van der Waals surface area contributed by atoms with Gasteiger partial charge in [0.1, 0.15) is 17.2 Å². The topological polar surface area (TPSA) is 88.1 Å². The van der Waals surface area contributed by atoms with Crippen molar-refractivity contribution >= 4 is 52.6 Å². The summed E-state index contributed by atoms with van der Waals surface area (Å²) < 4.78 is 10.2. The fraction of sp³-hybridized carbons (Fsp3) is 0.105. The van der Waals surface area contributed by atoms with Gasteiger partial charge in [-0.05, 0) is 60.3 Å². The minimum absolute atomic E-state index is 0.232. The first-order valence-corrected chi connectivity index (χ1v) is 8.83. The van der Waals surface area contributed by atoms with Crippen LogP contribution < -0.4 is 19.7 Å². The van der Waals surface area contributed by atoms with Crippen molar-refractivity contribution in [3.63, 3.8) is 0 Å². The van der Waals surface area contributed by atoms with Gasteiger partial charge in [-0.2, -0.15) is 0 Å². The van der Waals surface area contributed by atoms with E-state index in [-0.39, 0.29) is 27.5 Å². The molecule has 7 nitrogen and oxygen atoms in total. The quantitative estimate of drug-likeness (QED) is 0.550. The Bertz CT molecular complexity index is 975. The van der Waals surface area contributed by atoms with E-state index in [4.69, 9.17) is 38.4 Å². The lowest BCUT2D eigenvalue weighted by Crippen LogP contribution is -2.30. The van der Waals surface area contributed by atoms with E-state index in [0.717, 1.165) is 0 Å². The van der Waals surface area contributed by atoms with Crippen LogP contribution in [-0.4, -0.2) is 35.8 Å². The van der Waals surface area contributed by atoms with E-state index in [0.29, 0.717) is 17.0 Å². The molecule has 3 rings (SSSR count). The average molecular weight is 419 g/mol. The molecule has 28 heavy (non-hydrogen) atoms. The summed E-state index contributed by atoms with van der Waals surface area (Å²) in [5.41, 5.74) is 1.53. The Labute approximate surface area is 171 Å². The molecule has 0 spiro atoms. The minimum Gasteiger partial charge on any atom is -0.497 e. The molecule has 9 heteroatoms. The van der Waals surface area contributed by atoms with Gasteiger partial charge in [0.05, 0.1) is 17.8 Å². The van der Waals surface area contributed by atoms with Crippen molar-refractivity contribution in [3.8, 4) is 11.5 Å². The maximum absolute atomic E-state index is 12.8. The molecular formula is C19H15ClN2O5S. The smallest absolute Gasteiger partial charge is 0.341 e. The normalized spacial score (nSPS) is 14.9. The van der Waals surface area contributed by atoms with Crippen LogP contribution in [0.2, 0.25) is 5.02 Å². The second-order valence-electron chi connectivity index (χ2n) is 5.70. The Hall–Kier alpha value is -3.10. The van der Waals surface area contributed by atoms with Gasteiger partial charge in [0.15, 0.2) is 11.7 Å². The Morgan fingerprint density at radius 1 is 1.29 bits per heavy atom. The van der Waals surface area contributed by atoms with E-state index in [1.54, 1.807) is 49.6 Å². The van der Waals surface area contributed by atoms with Crippen molar-refractivity contribution in [2.75, 3.05) is 18.6 Å². The molecule has 1 saturated heterocycles. The number of carboxylic acid groups (broad SMARTS) is 1. The highest BCUT2D eigenvalue weighted by atomic mass is 35.5. The van der Waals surface area contributed by atoms with Gasteiger partial charge in [0.2, 0.25) is 0 Å². The standard InChI is InChI=1S/C19H15ClN2O5S/c1-26-13-5-3-12(4-6-13)22-18(25)15(21-19(22)28)9-11-2-7-16(14(20)8-11)27-10-17(23)24/h2-9H,10H2,1H3,(H,21,28)(H,23,24)/b15-9-. The molecule has 0 saturated carbocycles. The molecule has 2 N–H and O–H groups in total. The maximum atomic E-state index is 12.8. The molecule has 1 heterocycles. The molecule has 0 aliphatic carbocycles. The van der Waals surface area contributed by atoms with Gasteiger partial charge in [-0.15, -0.1) is 0 Å². The van der Waals surface area contributed by atoms with Gasteiger partial charge in [-0.3, -0.25) is 9.69 Å². The number of hydrogen-bond acceptors (Lipinski definition) is 5. The number of anilines is 1. The molecule has 144 valence electrons. The number of rotatable bonds is 6. The third-order valence-corrected chi connectivity index (χ3v) is 4.41. The summed E-state index contributed by atoms with van der Waals surface area (Å²) in [6.07, 6.45) is 1.60. The maximum Gasteiger partial charge on any atom is 0.341 e. The van der Waals surface area contributed by atoms with Gasteiger partial charge >= 0.3 is 5.97 Å². The lowest BCUT2D eigenvalue weighted by molar-refractivity contribution is -0.139. The fourth-order valence-electron chi connectivity index (χ4n) is 2.53. The first kappa shape index (κ1) is 19.7. The van der Waals surface area contributed by atoms with Crippen molar-refractivity contribution in [1.82, 2.24) is 5.32 Å². The number of carbonyl (C=O) groups is 2. The second-order valence-corrected chi connectivity index (χ2v) is 6.49. The zero-order valence-electron chi connectivity index (χ0n) is 14.6. The van der Waals surface area contributed by atoms with E-state index in [1.807, 2.05) is 0 Å². The molecule has 1 aliphatic heterocycles. The molecule has 0 aromatic heterocycles. The SMILES string of the molecule is COc1ccc(N2C(=O)/C(=C/c3ccc(OCC(=O)O)c(Cl)c3)NC2=S)cc1. The Kier molecular flexibility index (Phi) is 5.81. The lowest BCUT2D eigenvalue weighted by Gasteiger charge is -2.14.